The van der Waals surface area contributed by atoms with Crippen molar-refractivity contribution in [2.24, 2.45) is 11.0 Å². The molecule has 0 aliphatic carbocycles. The zero-order chi connectivity index (χ0) is 13.0. The first-order valence-electron chi connectivity index (χ1n) is 5.88. The first kappa shape index (κ1) is 13.8. The van der Waals surface area contributed by atoms with Gasteiger partial charge in [0.2, 0.25) is 0 Å². The minimum atomic E-state index is -0.457. The van der Waals surface area contributed by atoms with Crippen LogP contribution in [0.3, 0.4) is 0 Å². The lowest BCUT2D eigenvalue weighted by Crippen LogP contribution is -2.52. The van der Waals surface area contributed by atoms with E-state index in [2.05, 4.69) is 10.0 Å². The molecule has 1 fully saturated rings. The zero-order valence-electron chi connectivity index (χ0n) is 10.7. The Labute approximate surface area is 101 Å². The first-order chi connectivity index (χ1) is 8.01. The maximum absolute atomic E-state index is 11.1. The number of carbonyl (C=O) groups excluding carboxylic acids is 1. The molecule has 5 atom stereocenters. The van der Waals surface area contributed by atoms with Crippen molar-refractivity contribution in [3.63, 3.8) is 0 Å². The largest absolute Gasteiger partial charge is 0.462 e. The molecule has 0 aromatic carbocycles. The van der Waals surface area contributed by atoms with E-state index < -0.39 is 12.1 Å². The summed E-state index contributed by atoms with van der Waals surface area (Å²) < 4.78 is 11.1. The van der Waals surface area contributed by atoms with Crippen molar-refractivity contribution in [2.75, 3.05) is 0 Å². The maximum Gasteiger partial charge on any atom is 0.302 e. The van der Waals surface area contributed by atoms with E-state index in [4.69, 9.17) is 15.0 Å². The van der Waals surface area contributed by atoms with Crippen LogP contribution in [0, 0.1) is 5.92 Å². The molecule has 0 N–H and O–H groups in total. The summed E-state index contributed by atoms with van der Waals surface area (Å²) in [6.45, 7) is 7.17. The highest BCUT2D eigenvalue weighted by Crippen LogP contribution is 2.31. The van der Waals surface area contributed by atoms with E-state index in [1.54, 1.807) is 0 Å². The lowest BCUT2D eigenvalue weighted by Gasteiger charge is -2.42. The molecule has 17 heavy (non-hydrogen) atoms. The second-order valence-electron chi connectivity index (χ2n) is 4.42. The van der Waals surface area contributed by atoms with E-state index in [1.807, 2.05) is 20.8 Å². The van der Waals surface area contributed by atoms with Crippen LogP contribution in [0.25, 0.3) is 10.4 Å². The van der Waals surface area contributed by atoms with Gasteiger partial charge in [-0.2, -0.15) is 0 Å². The van der Waals surface area contributed by atoms with E-state index in [1.165, 1.54) is 6.92 Å². The minimum Gasteiger partial charge on any atom is -0.462 e. The lowest BCUT2D eigenvalue weighted by molar-refractivity contribution is -0.175. The number of ether oxygens (including phenoxy) is 2. The lowest BCUT2D eigenvalue weighted by atomic mass is 9.86. The van der Waals surface area contributed by atoms with E-state index in [-0.39, 0.29) is 24.1 Å². The first-order valence-corrected chi connectivity index (χ1v) is 5.88. The molecule has 6 nitrogen and oxygen atoms in total. The molecule has 0 radical (unpaired) electrons. The van der Waals surface area contributed by atoms with Crippen LogP contribution in [-0.2, 0) is 14.3 Å². The normalized spacial score (nSPS) is 37.1. The third kappa shape index (κ3) is 3.11. The van der Waals surface area contributed by atoms with Gasteiger partial charge in [0.1, 0.15) is 12.1 Å². The van der Waals surface area contributed by atoms with Crippen molar-refractivity contribution in [3.05, 3.63) is 10.4 Å². The summed E-state index contributed by atoms with van der Waals surface area (Å²) in [6.07, 6.45) is 0.222. The Morgan fingerprint density at radius 1 is 1.53 bits per heavy atom. The van der Waals surface area contributed by atoms with Crippen LogP contribution in [0.15, 0.2) is 5.11 Å². The van der Waals surface area contributed by atoms with Gasteiger partial charge >= 0.3 is 5.97 Å². The van der Waals surface area contributed by atoms with Crippen molar-refractivity contribution in [3.8, 4) is 0 Å². The van der Waals surface area contributed by atoms with Crippen molar-refractivity contribution >= 4 is 5.97 Å². The third-order valence-electron chi connectivity index (χ3n) is 3.20. The summed E-state index contributed by atoms with van der Waals surface area (Å²) in [6, 6.07) is -0.457. The van der Waals surface area contributed by atoms with Gasteiger partial charge in [-0.1, -0.05) is 19.0 Å². The summed E-state index contributed by atoms with van der Waals surface area (Å²) in [5, 5.41) is 3.70. The number of azide groups is 1. The number of hydrogen-bond acceptors (Lipinski definition) is 4. The second-order valence-corrected chi connectivity index (χ2v) is 4.42. The van der Waals surface area contributed by atoms with Gasteiger partial charge in [0.15, 0.2) is 0 Å². The number of rotatable bonds is 3. The summed E-state index contributed by atoms with van der Waals surface area (Å²) in [5.41, 5.74) is 8.56. The molecule has 0 spiro atoms. The number of hydrogen-bond donors (Lipinski definition) is 0. The van der Waals surface area contributed by atoms with Gasteiger partial charge in [-0.05, 0) is 18.9 Å². The van der Waals surface area contributed by atoms with Gasteiger partial charge in [0.05, 0.1) is 12.2 Å². The van der Waals surface area contributed by atoms with Crippen LogP contribution >= 0.6 is 0 Å². The van der Waals surface area contributed by atoms with Gasteiger partial charge in [0.25, 0.3) is 0 Å². The number of carbonyl (C=O) groups is 1. The average Bonchev–Trinajstić information content (AvgIpc) is 2.27. The fraction of sp³-hybridized carbons (Fsp3) is 0.909. The Hall–Kier alpha value is -1.26. The Kier molecular flexibility index (Phi) is 4.78. The Morgan fingerprint density at radius 2 is 2.18 bits per heavy atom. The summed E-state index contributed by atoms with van der Waals surface area (Å²) in [7, 11) is 0. The van der Waals surface area contributed by atoms with Gasteiger partial charge in [-0.3, -0.25) is 4.79 Å². The molecule has 0 saturated carbocycles. The molecule has 0 bridgehead atoms. The third-order valence-corrected chi connectivity index (χ3v) is 3.20. The Morgan fingerprint density at radius 3 is 2.65 bits per heavy atom. The van der Waals surface area contributed by atoms with Crippen molar-refractivity contribution < 1.29 is 14.3 Å². The van der Waals surface area contributed by atoms with Crippen LogP contribution in [0.1, 0.15) is 34.1 Å². The highest BCUT2D eigenvalue weighted by molar-refractivity contribution is 5.66. The van der Waals surface area contributed by atoms with E-state index in [9.17, 15) is 4.79 Å². The summed E-state index contributed by atoms with van der Waals surface area (Å²) in [4.78, 5) is 13.9. The highest BCUT2D eigenvalue weighted by Gasteiger charge is 2.42. The van der Waals surface area contributed by atoms with Crippen molar-refractivity contribution in [2.45, 2.75) is 58.5 Å². The molecule has 96 valence electrons. The molecule has 1 saturated heterocycles. The van der Waals surface area contributed by atoms with Crippen molar-refractivity contribution in [1.29, 1.82) is 0 Å². The molecule has 1 aliphatic rings. The molecular formula is C11H19N3O3. The molecule has 0 aromatic rings. The van der Waals surface area contributed by atoms with Gasteiger partial charge in [-0.15, -0.1) is 0 Å². The molecule has 0 aromatic heterocycles. The molecule has 0 amide bonds. The minimum absolute atomic E-state index is 0.0237. The SMILES string of the molecule is CC[C@H]1OC(C)[C@H](N=[N+]=[N-])[C@@H](OC(C)=O)[C@H]1C. The molecule has 1 rings (SSSR count). The molecule has 6 heteroatoms. The standard InChI is InChI=1S/C11H19N3O3/c1-5-9-6(2)11(17-8(4)15)10(13-14-12)7(3)16-9/h6-7,9-11H,5H2,1-4H3/t6-,7?,9+,10-,11-/m0/s1. The Bertz CT molecular complexity index is 328. The molecular weight excluding hydrogens is 222 g/mol. The molecule has 1 aliphatic heterocycles. The van der Waals surface area contributed by atoms with E-state index in [0.717, 1.165) is 6.42 Å². The van der Waals surface area contributed by atoms with Gasteiger partial charge in [-0.25, -0.2) is 0 Å². The van der Waals surface area contributed by atoms with Crippen molar-refractivity contribution in [1.82, 2.24) is 0 Å². The Balaban J connectivity index is 2.94. The summed E-state index contributed by atoms with van der Waals surface area (Å²) in [5.74, 6) is -0.334. The molecule has 1 heterocycles. The topological polar surface area (TPSA) is 84.3 Å². The van der Waals surface area contributed by atoms with Crippen LogP contribution in [0.4, 0.5) is 0 Å². The second kappa shape index (κ2) is 5.89. The predicted octanol–water partition coefficient (Wildman–Crippen LogP) is 2.43. The number of esters is 1. The summed E-state index contributed by atoms with van der Waals surface area (Å²) >= 11 is 0. The average molecular weight is 241 g/mol. The quantitative estimate of drug-likeness (QED) is 0.329. The van der Waals surface area contributed by atoms with Crippen LogP contribution < -0.4 is 0 Å². The molecule has 1 unspecified atom stereocenters. The van der Waals surface area contributed by atoms with E-state index >= 15 is 0 Å². The van der Waals surface area contributed by atoms with E-state index in [0.29, 0.717) is 0 Å². The maximum atomic E-state index is 11.1. The predicted molar refractivity (Wildman–Crippen MR) is 62.3 cm³/mol. The highest BCUT2D eigenvalue weighted by atomic mass is 16.6. The fourth-order valence-corrected chi connectivity index (χ4v) is 2.33. The zero-order valence-corrected chi connectivity index (χ0v) is 10.7. The van der Waals surface area contributed by atoms with Gasteiger partial charge < -0.3 is 9.47 Å². The van der Waals surface area contributed by atoms with Crippen LogP contribution in [0.5, 0.6) is 0 Å². The fourth-order valence-electron chi connectivity index (χ4n) is 2.33. The smallest absolute Gasteiger partial charge is 0.302 e. The van der Waals surface area contributed by atoms with Crippen LogP contribution in [-0.4, -0.2) is 30.3 Å². The van der Waals surface area contributed by atoms with Crippen LogP contribution in [0.2, 0.25) is 0 Å². The van der Waals surface area contributed by atoms with Gasteiger partial charge in [0, 0.05) is 17.8 Å². The monoisotopic (exact) mass is 241 g/mol. The number of nitrogens with zero attached hydrogens (tertiary/aromatic N) is 3.